The number of hydrogen-bond donors (Lipinski definition) is 1. The molecule has 0 aliphatic heterocycles. The molecule has 0 saturated heterocycles. The molecule has 0 saturated carbocycles. The lowest BCUT2D eigenvalue weighted by molar-refractivity contribution is 0.730. The third-order valence-electron chi connectivity index (χ3n) is 3.36. The van der Waals surface area contributed by atoms with Crippen molar-refractivity contribution in [2.45, 2.75) is 27.3 Å². The van der Waals surface area contributed by atoms with E-state index in [1.807, 2.05) is 37.7 Å². The van der Waals surface area contributed by atoms with Crippen LogP contribution >= 0.6 is 23.2 Å². The Balaban J connectivity index is 2.21. The van der Waals surface area contributed by atoms with E-state index in [4.69, 9.17) is 23.2 Å². The lowest BCUT2D eigenvalue weighted by atomic mass is 10.2. The highest BCUT2D eigenvalue weighted by Crippen LogP contribution is 2.29. The first-order chi connectivity index (χ1) is 8.90. The normalized spacial score (nSPS) is 10.8. The van der Waals surface area contributed by atoms with Gasteiger partial charge < -0.3 is 5.32 Å². The molecule has 0 unspecified atom stereocenters. The molecule has 0 aliphatic carbocycles. The van der Waals surface area contributed by atoms with E-state index in [2.05, 4.69) is 17.3 Å². The third kappa shape index (κ3) is 2.88. The van der Waals surface area contributed by atoms with Crippen LogP contribution in [0.2, 0.25) is 10.0 Å². The molecule has 0 radical (unpaired) electrons. The van der Waals surface area contributed by atoms with Gasteiger partial charge in [0.1, 0.15) is 0 Å². The molecule has 0 spiro atoms. The summed E-state index contributed by atoms with van der Waals surface area (Å²) < 4.78 is 1.88. The van der Waals surface area contributed by atoms with Crippen molar-refractivity contribution in [1.29, 1.82) is 0 Å². The van der Waals surface area contributed by atoms with E-state index in [0.717, 1.165) is 22.6 Å². The summed E-state index contributed by atoms with van der Waals surface area (Å²) in [5.74, 6) is 0. The minimum Gasteiger partial charge on any atom is -0.380 e. The summed E-state index contributed by atoms with van der Waals surface area (Å²) in [6.07, 6.45) is 0. The van der Waals surface area contributed by atoms with E-state index in [0.29, 0.717) is 16.6 Å². The molecule has 1 aromatic heterocycles. The van der Waals surface area contributed by atoms with Gasteiger partial charge in [0, 0.05) is 29.9 Å². The van der Waals surface area contributed by atoms with Crippen molar-refractivity contribution in [3.63, 3.8) is 0 Å². The van der Waals surface area contributed by atoms with E-state index in [9.17, 15) is 0 Å². The Labute approximate surface area is 123 Å². The average molecular weight is 298 g/mol. The first-order valence-corrected chi connectivity index (χ1v) is 6.84. The van der Waals surface area contributed by atoms with Crippen LogP contribution in [0.4, 0.5) is 5.69 Å². The third-order valence-corrected chi connectivity index (χ3v) is 4.08. The second kappa shape index (κ2) is 5.43. The number of anilines is 1. The first kappa shape index (κ1) is 14.2. The SMILES string of the molecule is Cc1cc(Cl)c(NCc2c(C)nn(C)c2C)cc1Cl. The highest BCUT2D eigenvalue weighted by atomic mass is 35.5. The maximum Gasteiger partial charge on any atom is 0.0646 e. The van der Waals surface area contributed by atoms with Gasteiger partial charge in [0.15, 0.2) is 0 Å². The molecule has 5 heteroatoms. The van der Waals surface area contributed by atoms with E-state index in [1.165, 1.54) is 5.56 Å². The van der Waals surface area contributed by atoms with Gasteiger partial charge >= 0.3 is 0 Å². The van der Waals surface area contributed by atoms with E-state index in [-0.39, 0.29) is 0 Å². The minimum absolute atomic E-state index is 0.682. The number of nitrogens with zero attached hydrogens (tertiary/aromatic N) is 2. The fraction of sp³-hybridized carbons (Fsp3) is 0.357. The Kier molecular flexibility index (Phi) is 4.07. The smallest absolute Gasteiger partial charge is 0.0646 e. The van der Waals surface area contributed by atoms with E-state index >= 15 is 0 Å². The van der Waals surface area contributed by atoms with Gasteiger partial charge in [0.05, 0.1) is 16.4 Å². The van der Waals surface area contributed by atoms with Gasteiger partial charge in [-0.1, -0.05) is 23.2 Å². The zero-order chi connectivity index (χ0) is 14.2. The van der Waals surface area contributed by atoms with Crippen LogP contribution < -0.4 is 5.32 Å². The van der Waals surface area contributed by atoms with Crippen molar-refractivity contribution in [2.24, 2.45) is 7.05 Å². The van der Waals surface area contributed by atoms with Crippen molar-refractivity contribution in [3.05, 3.63) is 44.7 Å². The van der Waals surface area contributed by atoms with Gasteiger partial charge in [0.25, 0.3) is 0 Å². The fourth-order valence-electron chi connectivity index (χ4n) is 2.04. The van der Waals surface area contributed by atoms with Crippen molar-refractivity contribution < 1.29 is 0 Å². The molecule has 2 rings (SSSR count). The Hall–Kier alpha value is -1.19. The molecule has 19 heavy (non-hydrogen) atoms. The molecule has 0 aliphatic rings. The lowest BCUT2D eigenvalue weighted by Crippen LogP contribution is -2.03. The number of halogens is 2. The van der Waals surface area contributed by atoms with Gasteiger partial charge in [-0.2, -0.15) is 5.10 Å². The van der Waals surface area contributed by atoms with Gasteiger partial charge in [0.2, 0.25) is 0 Å². The summed E-state index contributed by atoms with van der Waals surface area (Å²) in [5, 5.41) is 9.11. The highest BCUT2D eigenvalue weighted by molar-refractivity contribution is 6.35. The van der Waals surface area contributed by atoms with Crippen molar-refractivity contribution in [3.8, 4) is 0 Å². The zero-order valence-electron chi connectivity index (χ0n) is 11.5. The van der Waals surface area contributed by atoms with Crippen LogP contribution in [0.25, 0.3) is 0 Å². The van der Waals surface area contributed by atoms with Crippen LogP contribution in [0, 0.1) is 20.8 Å². The molecule has 0 bridgehead atoms. The second-order valence-corrected chi connectivity index (χ2v) is 5.52. The van der Waals surface area contributed by atoms with Crippen LogP contribution in [-0.4, -0.2) is 9.78 Å². The minimum atomic E-state index is 0.682. The Morgan fingerprint density at radius 3 is 2.42 bits per heavy atom. The summed E-state index contributed by atoms with van der Waals surface area (Å²) >= 11 is 12.3. The Morgan fingerprint density at radius 1 is 1.16 bits per heavy atom. The number of rotatable bonds is 3. The monoisotopic (exact) mass is 297 g/mol. The topological polar surface area (TPSA) is 29.9 Å². The van der Waals surface area contributed by atoms with Gasteiger partial charge in [-0.3, -0.25) is 4.68 Å². The van der Waals surface area contributed by atoms with Crippen LogP contribution in [-0.2, 0) is 13.6 Å². The molecule has 2 aromatic rings. The van der Waals surface area contributed by atoms with Crippen LogP contribution in [0.5, 0.6) is 0 Å². The first-order valence-electron chi connectivity index (χ1n) is 6.08. The predicted molar refractivity (Wildman–Crippen MR) is 81.2 cm³/mol. The average Bonchev–Trinajstić information content (AvgIpc) is 2.57. The molecular weight excluding hydrogens is 281 g/mol. The maximum absolute atomic E-state index is 6.21. The van der Waals surface area contributed by atoms with E-state index in [1.54, 1.807) is 0 Å². The van der Waals surface area contributed by atoms with Gasteiger partial charge in [-0.15, -0.1) is 0 Å². The van der Waals surface area contributed by atoms with Crippen molar-refractivity contribution >= 4 is 28.9 Å². The zero-order valence-corrected chi connectivity index (χ0v) is 13.0. The number of benzene rings is 1. The molecule has 0 fully saturated rings. The number of nitrogens with one attached hydrogen (secondary N) is 1. The molecule has 3 nitrogen and oxygen atoms in total. The maximum atomic E-state index is 6.21. The molecule has 1 heterocycles. The molecule has 1 aromatic carbocycles. The van der Waals surface area contributed by atoms with Crippen LogP contribution in [0.1, 0.15) is 22.5 Å². The summed E-state index contributed by atoms with van der Waals surface area (Å²) in [7, 11) is 1.95. The Morgan fingerprint density at radius 2 is 1.84 bits per heavy atom. The molecule has 0 atom stereocenters. The molecule has 1 N–H and O–H groups in total. The number of hydrogen-bond acceptors (Lipinski definition) is 2. The highest BCUT2D eigenvalue weighted by Gasteiger charge is 2.10. The summed E-state index contributed by atoms with van der Waals surface area (Å²) in [5.41, 5.74) is 5.20. The van der Waals surface area contributed by atoms with Crippen molar-refractivity contribution in [2.75, 3.05) is 5.32 Å². The summed E-state index contributed by atoms with van der Waals surface area (Å²) in [6.45, 7) is 6.69. The number of aromatic nitrogens is 2. The van der Waals surface area contributed by atoms with E-state index < -0.39 is 0 Å². The van der Waals surface area contributed by atoms with Gasteiger partial charge in [-0.25, -0.2) is 0 Å². The summed E-state index contributed by atoms with van der Waals surface area (Å²) in [4.78, 5) is 0. The standard InChI is InChI=1S/C14H17Cl2N3/c1-8-5-13(16)14(6-12(8)15)17-7-11-9(2)18-19(4)10(11)3/h5-6,17H,7H2,1-4H3. The fourth-order valence-corrected chi connectivity index (χ4v) is 2.49. The molecule has 0 amide bonds. The second-order valence-electron chi connectivity index (χ2n) is 4.71. The lowest BCUT2D eigenvalue weighted by Gasteiger charge is -2.10. The largest absolute Gasteiger partial charge is 0.380 e. The quantitative estimate of drug-likeness (QED) is 0.917. The summed E-state index contributed by atoms with van der Waals surface area (Å²) in [6, 6.07) is 3.73. The van der Waals surface area contributed by atoms with Crippen LogP contribution in [0.3, 0.4) is 0 Å². The Bertz CT molecular complexity index is 618. The molecular formula is C14H17Cl2N3. The molecule has 102 valence electrons. The van der Waals surface area contributed by atoms with Crippen LogP contribution in [0.15, 0.2) is 12.1 Å². The van der Waals surface area contributed by atoms with Crippen molar-refractivity contribution in [1.82, 2.24) is 9.78 Å². The van der Waals surface area contributed by atoms with Gasteiger partial charge in [-0.05, 0) is 38.5 Å². The number of aryl methyl sites for hydroxylation is 3. The predicted octanol–water partition coefficient (Wildman–Crippen LogP) is 4.26.